The van der Waals surface area contributed by atoms with E-state index in [1.165, 1.54) is 74.2 Å². The molecule has 5 heteroatoms. The van der Waals surface area contributed by atoms with Crippen LogP contribution in [-0.2, 0) is 26.2 Å². The van der Waals surface area contributed by atoms with Crippen molar-refractivity contribution < 1.29 is 14.2 Å². The summed E-state index contributed by atoms with van der Waals surface area (Å²) in [7, 11) is -0.548. The minimum absolute atomic E-state index is 0.0622. The largest absolute Gasteiger partial charge is 0.507 e. The molecule has 0 aromatic heterocycles. The van der Waals surface area contributed by atoms with Gasteiger partial charge in [-0.15, -0.1) is 7.92 Å². The molecule has 0 radical (unpaired) electrons. The Morgan fingerprint density at radius 3 is 1.60 bits per heavy atom. The second-order valence-electron chi connectivity index (χ2n) is 19.4. The van der Waals surface area contributed by atoms with Crippen LogP contribution >= 0.6 is 17.0 Å². The minimum atomic E-state index is -0.696. The molecule has 2 aliphatic carbocycles. The molecule has 2 aromatic rings. The maximum Gasteiger partial charge on any atom is 0.296 e. The number of phenolic OH excluding ortho intramolecular Hbond substituents is 1. The first-order chi connectivity index (χ1) is 22.2. The van der Waals surface area contributed by atoms with Crippen LogP contribution in [0.25, 0.3) is 11.1 Å². The average Bonchev–Trinajstić information content (AvgIpc) is 3.69. The molecule has 0 amide bonds. The number of phenols is 1. The predicted octanol–water partition coefficient (Wildman–Crippen LogP) is 13.3. The average molecular weight is 698 g/mol. The molecule has 2 atom stereocenters. The Labute approximate surface area is 298 Å². The molecule has 2 saturated carbocycles. The SMILES string of the molecule is CC(CCO[PH2+]Oc1c(-c2cc(C(C)(C)C)cc(C(C)(C)C)c2O)cc(C(C)(C)C)cc1C(C)(C)C)CP(C1CCCC1)C1CCCC1. The van der Waals surface area contributed by atoms with Crippen molar-refractivity contribution in [3.8, 4) is 22.6 Å². The van der Waals surface area contributed by atoms with E-state index in [0.717, 1.165) is 46.8 Å². The van der Waals surface area contributed by atoms with Crippen LogP contribution in [-0.4, -0.2) is 29.2 Å². The van der Waals surface area contributed by atoms with E-state index >= 15 is 0 Å². The summed E-state index contributed by atoms with van der Waals surface area (Å²) in [5.74, 6) is 1.93. The van der Waals surface area contributed by atoms with Crippen LogP contribution in [0.4, 0.5) is 0 Å². The normalized spacial score (nSPS) is 18.1. The summed E-state index contributed by atoms with van der Waals surface area (Å²) >= 11 is 0. The summed E-state index contributed by atoms with van der Waals surface area (Å²) in [4.78, 5) is 0. The number of rotatable bonds is 11. The number of aromatic hydroxyl groups is 1. The van der Waals surface area contributed by atoms with E-state index in [-0.39, 0.29) is 29.6 Å². The highest BCUT2D eigenvalue weighted by Gasteiger charge is 2.34. The van der Waals surface area contributed by atoms with E-state index in [9.17, 15) is 5.11 Å². The van der Waals surface area contributed by atoms with E-state index in [1.807, 2.05) is 0 Å². The summed E-state index contributed by atoms with van der Waals surface area (Å²) in [6.07, 6.45) is 14.3. The fourth-order valence-corrected chi connectivity index (χ4v) is 12.5. The Morgan fingerprint density at radius 1 is 0.688 bits per heavy atom. The molecule has 0 heterocycles. The Kier molecular flexibility index (Phi) is 12.9. The molecular formula is C43H71O3P2+. The van der Waals surface area contributed by atoms with Gasteiger partial charge in [0, 0.05) is 22.3 Å². The lowest BCUT2D eigenvalue weighted by atomic mass is 9.75. The van der Waals surface area contributed by atoms with Gasteiger partial charge in [-0.2, -0.15) is 0 Å². The fraction of sp³-hybridized carbons (Fsp3) is 0.721. The van der Waals surface area contributed by atoms with Crippen molar-refractivity contribution in [2.75, 3.05) is 12.8 Å². The lowest BCUT2D eigenvalue weighted by Gasteiger charge is -2.32. The zero-order valence-corrected chi connectivity index (χ0v) is 35.2. The molecule has 2 aliphatic rings. The van der Waals surface area contributed by atoms with Crippen molar-refractivity contribution in [1.82, 2.24) is 0 Å². The van der Waals surface area contributed by atoms with Gasteiger partial charge in [-0.1, -0.05) is 128 Å². The highest BCUT2D eigenvalue weighted by molar-refractivity contribution is 7.59. The van der Waals surface area contributed by atoms with Crippen LogP contribution in [0.5, 0.6) is 11.5 Å². The maximum atomic E-state index is 12.0. The van der Waals surface area contributed by atoms with Crippen LogP contribution in [0.1, 0.15) is 170 Å². The van der Waals surface area contributed by atoms with Gasteiger partial charge in [0.2, 0.25) is 0 Å². The van der Waals surface area contributed by atoms with Crippen LogP contribution in [0, 0.1) is 5.92 Å². The van der Waals surface area contributed by atoms with E-state index in [0.29, 0.717) is 11.7 Å². The van der Waals surface area contributed by atoms with Gasteiger partial charge in [-0.3, -0.25) is 0 Å². The molecule has 270 valence electrons. The number of hydrogen-bond donors (Lipinski definition) is 1. The van der Waals surface area contributed by atoms with Gasteiger partial charge in [-0.05, 0) is 100 Å². The Balaban J connectivity index is 1.62. The third-order valence-corrected chi connectivity index (χ3v) is 15.6. The first kappa shape index (κ1) is 39.6. The van der Waals surface area contributed by atoms with E-state index in [2.05, 4.69) is 114 Å². The molecule has 0 bridgehead atoms. The lowest BCUT2D eigenvalue weighted by Crippen LogP contribution is -2.19. The van der Waals surface area contributed by atoms with Crippen molar-refractivity contribution in [2.24, 2.45) is 5.92 Å². The van der Waals surface area contributed by atoms with Crippen molar-refractivity contribution in [2.45, 2.75) is 181 Å². The maximum absolute atomic E-state index is 12.0. The third kappa shape index (κ3) is 10.0. The molecule has 2 aromatic carbocycles. The quantitative estimate of drug-likeness (QED) is 0.188. The fourth-order valence-electron chi connectivity index (χ4n) is 7.71. The van der Waals surface area contributed by atoms with Crippen molar-refractivity contribution in [1.29, 1.82) is 0 Å². The van der Waals surface area contributed by atoms with Gasteiger partial charge in [-0.25, -0.2) is 4.52 Å². The summed E-state index contributed by atoms with van der Waals surface area (Å²) < 4.78 is 13.2. The van der Waals surface area contributed by atoms with Gasteiger partial charge >= 0.3 is 0 Å². The standard InChI is InChI=1S/C43H70O3P2/c1-29(28-48(32-18-14-15-19-32)33-20-16-17-21-33)22-23-45-47-46-39-35(25-31(41(5,6)7)27-37(39)43(11,12)13)34-24-30(40(2,3)4)26-36(38(34)44)42(8,9)10/h24-27,29,32-33H,14-23,28,47H2,1-13H3/p+1. The van der Waals surface area contributed by atoms with Crippen molar-refractivity contribution >= 4 is 17.0 Å². The molecule has 1 N–H and O–H groups in total. The van der Waals surface area contributed by atoms with Crippen LogP contribution in [0.3, 0.4) is 0 Å². The first-order valence-electron chi connectivity index (χ1n) is 19.1. The Bertz CT molecular complexity index is 1340. The topological polar surface area (TPSA) is 38.7 Å². The molecule has 0 saturated heterocycles. The molecule has 3 nitrogen and oxygen atoms in total. The van der Waals surface area contributed by atoms with Crippen LogP contribution in [0.2, 0.25) is 0 Å². The molecule has 0 spiro atoms. The van der Waals surface area contributed by atoms with E-state index in [1.54, 1.807) is 0 Å². The zero-order valence-electron chi connectivity index (χ0n) is 33.1. The number of benzene rings is 2. The van der Waals surface area contributed by atoms with Gasteiger partial charge < -0.3 is 9.63 Å². The van der Waals surface area contributed by atoms with Crippen molar-refractivity contribution in [3.63, 3.8) is 0 Å². The summed E-state index contributed by atoms with van der Waals surface area (Å²) in [6, 6.07) is 9.02. The first-order valence-corrected chi connectivity index (χ1v) is 21.7. The zero-order chi connectivity index (χ0) is 35.7. The Hall–Kier alpha value is -1.14. The van der Waals surface area contributed by atoms with Crippen LogP contribution < -0.4 is 4.52 Å². The molecule has 2 unspecified atom stereocenters. The van der Waals surface area contributed by atoms with Gasteiger partial charge in [0.15, 0.2) is 5.75 Å². The second-order valence-corrected chi connectivity index (χ2v) is 23.0. The number of hydrogen-bond acceptors (Lipinski definition) is 3. The summed E-state index contributed by atoms with van der Waals surface area (Å²) in [5, 5.41) is 12.0. The third-order valence-electron chi connectivity index (χ3n) is 10.9. The lowest BCUT2D eigenvalue weighted by molar-refractivity contribution is 0.301. The van der Waals surface area contributed by atoms with Gasteiger partial charge in [0.25, 0.3) is 9.03 Å². The monoisotopic (exact) mass is 697 g/mol. The molecule has 0 aliphatic heterocycles. The molecule has 48 heavy (non-hydrogen) atoms. The van der Waals surface area contributed by atoms with Crippen LogP contribution in [0.15, 0.2) is 24.3 Å². The van der Waals surface area contributed by atoms with Gasteiger partial charge in [0.05, 0.1) is 6.61 Å². The summed E-state index contributed by atoms with van der Waals surface area (Å²) in [5.41, 5.74) is 8.01. The van der Waals surface area contributed by atoms with Crippen molar-refractivity contribution in [3.05, 3.63) is 46.5 Å². The summed E-state index contributed by atoms with van der Waals surface area (Å²) in [6.45, 7) is 30.2. The highest BCUT2D eigenvalue weighted by Crippen LogP contribution is 2.58. The molecule has 2 fully saturated rings. The minimum Gasteiger partial charge on any atom is -0.507 e. The van der Waals surface area contributed by atoms with Gasteiger partial charge in [0.1, 0.15) is 5.75 Å². The second kappa shape index (κ2) is 15.6. The van der Waals surface area contributed by atoms with E-state index in [4.69, 9.17) is 9.05 Å². The van der Waals surface area contributed by atoms with E-state index < -0.39 is 9.03 Å². The smallest absolute Gasteiger partial charge is 0.296 e. The Morgan fingerprint density at radius 2 is 1.15 bits per heavy atom. The molecule has 4 rings (SSSR count). The predicted molar refractivity (Wildman–Crippen MR) is 215 cm³/mol. The molecular weight excluding hydrogens is 626 g/mol. The highest BCUT2D eigenvalue weighted by atomic mass is 31.1.